The number of carbonyl (C=O) groups is 1. The fourth-order valence-corrected chi connectivity index (χ4v) is 1.15. The van der Waals surface area contributed by atoms with Gasteiger partial charge in [0, 0.05) is 13.0 Å². The van der Waals surface area contributed by atoms with Crippen molar-refractivity contribution >= 4 is 5.97 Å². The SMILES string of the molecule is CC(C(=O)O)C(C)c1ncnn1C. The molecule has 2 unspecified atom stereocenters. The normalized spacial score (nSPS) is 15.3. The molecule has 0 spiro atoms. The van der Waals surface area contributed by atoms with Crippen LogP contribution in [0.25, 0.3) is 0 Å². The lowest BCUT2D eigenvalue weighted by Gasteiger charge is -2.14. The molecule has 1 N–H and O–H groups in total. The first-order chi connectivity index (χ1) is 6.04. The smallest absolute Gasteiger partial charge is 0.306 e. The predicted octanol–water partition coefficient (Wildman–Crippen LogP) is 0.639. The van der Waals surface area contributed by atoms with E-state index in [9.17, 15) is 4.79 Å². The van der Waals surface area contributed by atoms with E-state index in [2.05, 4.69) is 10.1 Å². The molecule has 0 saturated carbocycles. The molecule has 0 aliphatic rings. The summed E-state index contributed by atoms with van der Waals surface area (Å²) in [5.41, 5.74) is 0. The Morgan fingerprint density at radius 1 is 1.62 bits per heavy atom. The van der Waals surface area contributed by atoms with Crippen molar-refractivity contribution in [2.75, 3.05) is 0 Å². The molecule has 0 bridgehead atoms. The predicted molar refractivity (Wildman–Crippen MR) is 46.2 cm³/mol. The van der Waals surface area contributed by atoms with E-state index in [0.717, 1.165) is 0 Å². The van der Waals surface area contributed by atoms with Crippen LogP contribution in [0, 0.1) is 5.92 Å². The van der Waals surface area contributed by atoms with Crippen LogP contribution < -0.4 is 0 Å². The average Bonchev–Trinajstić information content (AvgIpc) is 2.48. The van der Waals surface area contributed by atoms with Crippen LogP contribution in [-0.4, -0.2) is 25.8 Å². The second-order valence-electron chi connectivity index (χ2n) is 3.16. The zero-order chi connectivity index (χ0) is 10.0. The molecule has 5 nitrogen and oxygen atoms in total. The maximum atomic E-state index is 10.7. The minimum atomic E-state index is -0.810. The van der Waals surface area contributed by atoms with Gasteiger partial charge in [0.2, 0.25) is 0 Å². The zero-order valence-corrected chi connectivity index (χ0v) is 7.93. The lowest BCUT2D eigenvalue weighted by molar-refractivity contribution is -0.141. The second-order valence-corrected chi connectivity index (χ2v) is 3.16. The second kappa shape index (κ2) is 3.55. The average molecular weight is 183 g/mol. The highest BCUT2D eigenvalue weighted by atomic mass is 16.4. The lowest BCUT2D eigenvalue weighted by atomic mass is 9.95. The molecule has 2 atom stereocenters. The Balaban J connectivity index is 2.85. The molecule has 0 aliphatic carbocycles. The highest BCUT2D eigenvalue weighted by Crippen LogP contribution is 2.21. The summed E-state index contributed by atoms with van der Waals surface area (Å²) in [6, 6.07) is 0. The summed E-state index contributed by atoms with van der Waals surface area (Å²) in [7, 11) is 1.76. The van der Waals surface area contributed by atoms with Gasteiger partial charge < -0.3 is 5.11 Å². The third-order valence-corrected chi connectivity index (χ3v) is 2.29. The molecular weight excluding hydrogens is 170 g/mol. The Hall–Kier alpha value is -1.39. The number of aryl methyl sites for hydroxylation is 1. The van der Waals surface area contributed by atoms with Crippen molar-refractivity contribution in [3.05, 3.63) is 12.2 Å². The third-order valence-electron chi connectivity index (χ3n) is 2.29. The molecule has 0 aromatic carbocycles. The molecule has 1 heterocycles. The highest BCUT2D eigenvalue weighted by molar-refractivity contribution is 5.70. The van der Waals surface area contributed by atoms with E-state index >= 15 is 0 Å². The molecule has 1 rings (SSSR count). The zero-order valence-electron chi connectivity index (χ0n) is 7.93. The quantitative estimate of drug-likeness (QED) is 0.746. The van der Waals surface area contributed by atoms with Crippen molar-refractivity contribution in [2.45, 2.75) is 19.8 Å². The molecule has 0 radical (unpaired) electrons. The molecule has 0 saturated heterocycles. The fraction of sp³-hybridized carbons (Fsp3) is 0.625. The van der Waals surface area contributed by atoms with Gasteiger partial charge in [0.15, 0.2) is 0 Å². The van der Waals surface area contributed by atoms with Gasteiger partial charge >= 0.3 is 5.97 Å². The molecule has 5 heteroatoms. The number of carboxylic acids is 1. The Morgan fingerprint density at radius 3 is 2.62 bits per heavy atom. The monoisotopic (exact) mass is 183 g/mol. The van der Waals surface area contributed by atoms with E-state index in [-0.39, 0.29) is 5.92 Å². The summed E-state index contributed by atoms with van der Waals surface area (Å²) in [5.74, 6) is -0.668. The van der Waals surface area contributed by atoms with Gasteiger partial charge in [-0.2, -0.15) is 5.10 Å². The minimum absolute atomic E-state index is 0.120. The summed E-state index contributed by atoms with van der Waals surface area (Å²) in [6.45, 7) is 3.50. The number of aromatic nitrogens is 3. The Kier molecular flexibility index (Phi) is 2.65. The van der Waals surface area contributed by atoms with E-state index in [4.69, 9.17) is 5.11 Å². The van der Waals surface area contributed by atoms with Gasteiger partial charge in [-0.15, -0.1) is 0 Å². The van der Waals surface area contributed by atoms with E-state index in [1.165, 1.54) is 6.33 Å². The molecular formula is C8H13N3O2. The van der Waals surface area contributed by atoms with Crippen LogP contribution in [-0.2, 0) is 11.8 Å². The first-order valence-corrected chi connectivity index (χ1v) is 4.10. The van der Waals surface area contributed by atoms with Crippen LogP contribution in [0.5, 0.6) is 0 Å². The van der Waals surface area contributed by atoms with Crippen LogP contribution in [0.4, 0.5) is 0 Å². The van der Waals surface area contributed by atoms with Crippen molar-refractivity contribution < 1.29 is 9.90 Å². The number of hydrogen-bond donors (Lipinski definition) is 1. The standard InChI is InChI=1S/C8H13N3O2/c1-5(6(2)8(12)13)7-9-4-10-11(7)3/h4-6H,1-3H3,(H,12,13). The largest absolute Gasteiger partial charge is 0.481 e. The van der Waals surface area contributed by atoms with Crippen molar-refractivity contribution in [1.82, 2.24) is 14.8 Å². The number of hydrogen-bond acceptors (Lipinski definition) is 3. The minimum Gasteiger partial charge on any atom is -0.481 e. The molecule has 0 aliphatic heterocycles. The van der Waals surface area contributed by atoms with Crippen molar-refractivity contribution in [3.8, 4) is 0 Å². The molecule has 0 amide bonds. The third kappa shape index (κ3) is 1.85. The van der Waals surface area contributed by atoms with Gasteiger partial charge in [0.25, 0.3) is 0 Å². The summed E-state index contributed by atoms with van der Waals surface area (Å²) in [6.07, 6.45) is 1.43. The lowest BCUT2D eigenvalue weighted by Crippen LogP contribution is -2.19. The summed E-state index contributed by atoms with van der Waals surface area (Å²) < 4.78 is 1.60. The summed E-state index contributed by atoms with van der Waals surface area (Å²) >= 11 is 0. The van der Waals surface area contributed by atoms with E-state index in [1.54, 1.807) is 18.7 Å². The molecule has 72 valence electrons. The Labute approximate surface area is 76.4 Å². The number of aliphatic carboxylic acids is 1. The van der Waals surface area contributed by atoms with E-state index in [1.807, 2.05) is 6.92 Å². The Bertz CT molecular complexity index is 308. The van der Waals surface area contributed by atoms with Gasteiger partial charge in [-0.25, -0.2) is 4.98 Å². The van der Waals surface area contributed by atoms with E-state index in [0.29, 0.717) is 5.82 Å². The van der Waals surface area contributed by atoms with Gasteiger partial charge in [0.05, 0.1) is 5.92 Å². The summed E-state index contributed by atoms with van der Waals surface area (Å²) in [5, 5.41) is 12.7. The van der Waals surface area contributed by atoms with E-state index < -0.39 is 11.9 Å². The topological polar surface area (TPSA) is 68.0 Å². The molecule has 1 aromatic heterocycles. The maximum Gasteiger partial charge on any atom is 0.306 e. The van der Waals surface area contributed by atoms with Gasteiger partial charge in [-0.1, -0.05) is 13.8 Å². The maximum absolute atomic E-state index is 10.7. The molecule has 1 aromatic rings. The molecule has 0 fully saturated rings. The molecule has 13 heavy (non-hydrogen) atoms. The number of rotatable bonds is 3. The Morgan fingerprint density at radius 2 is 2.23 bits per heavy atom. The van der Waals surface area contributed by atoms with Gasteiger partial charge in [-0.05, 0) is 0 Å². The van der Waals surface area contributed by atoms with Gasteiger partial charge in [-0.3, -0.25) is 9.48 Å². The number of nitrogens with zero attached hydrogens (tertiary/aromatic N) is 3. The van der Waals surface area contributed by atoms with Crippen LogP contribution in [0.1, 0.15) is 25.6 Å². The highest BCUT2D eigenvalue weighted by Gasteiger charge is 2.23. The number of carboxylic acid groups (broad SMARTS) is 1. The van der Waals surface area contributed by atoms with Crippen LogP contribution >= 0.6 is 0 Å². The first kappa shape index (κ1) is 9.70. The summed E-state index contributed by atoms with van der Waals surface area (Å²) in [4.78, 5) is 14.7. The first-order valence-electron chi connectivity index (χ1n) is 4.10. The van der Waals surface area contributed by atoms with Crippen LogP contribution in [0.2, 0.25) is 0 Å². The van der Waals surface area contributed by atoms with Crippen molar-refractivity contribution in [1.29, 1.82) is 0 Å². The van der Waals surface area contributed by atoms with Crippen LogP contribution in [0.15, 0.2) is 6.33 Å². The van der Waals surface area contributed by atoms with Crippen molar-refractivity contribution in [2.24, 2.45) is 13.0 Å². The fourth-order valence-electron chi connectivity index (χ4n) is 1.15. The van der Waals surface area contributed by atoms with Crippen molar-refractivity contribution in [3.63, 3.8) is 0 Å². The van der Waals surface area contributed by atoms with Gasteiger partial charge in [0.1, 0.15) is 12.2 Å². The van der Waals surface area contributed by atoms with Crippen LogP contribution in [0.3, 0.4) is 0 Å².